The van der Waals surface area contributed by atoms with Crippen LogP contribution in [0.5, 0.6) is 5.75 Å². The third kappa shape index (κ3) is 5.64. The van der Waals surface area contributed by atoms with E-state index in [1.807, 2.05) is 13.8 Å². The van der Waals surface area contributed by atoms with Crippen molar-refractivity contribution in [3.63, 3.8) is 0 Å². The summed E-state index contributed by atoms with van der Waals surface area (Å²) in [5, 5.41) is 6.37. The smallest absolute Gasteiger partial charge is 0.262 e. The first-order chi connectivity index (χ1) is 12.4. The first-order valence-electron chi connectivity index (χ1n) is 8.18. The van der Waals surface area contributed by atoms with Crippen LogP contribution in [0.25, 0.3) is 0 Å². The van der Waals surface area contributed by atoms with E-state index < -0.39 is 5.91 Å². The molecule has 0 spiro atoms. The number of rotatable bonds is 7. The van der Waals surface area contributed by atoms with E-state index in [1.165, 1.54) is 6.07 Å². The average Bonchev–Trinajstić information content (AvgIpc) is 2.61. The molecule has 0 aromatic heterocycles. The molecule has 0 aliphatic heterocycles. The number of para-hydroxylation sites is 1. The average molecular weight is 395 g/mol. The fourth-order valence-corrected chi connectivity index (χ4v) is 2.58. The Balaban J connectivity index is 2.01. The maximum absolute atomic E-state index is 12.3. The predicted octanol–water partition coefficient (Wildman–Crippen LogP) is 4.54. The van der Waals surface area contributed by atoms with Gasteiger partial charge >= 0.3 is 0 Å². The Morgan fingerprint density at radius 2 is 1.88 bits per heavy atom. The number of carbonyl (C=O) groups excluding carboxylic acids is 2. The summed E-state index contributed by atoms with van der Waals surface area (Å²) < 4.78 is 5.40. The summed E-state index contributed by atoms with van der Waals surface area (Å²) in [6, 6.07) is 11.6. The summed E-state index contributed by atoms with van der Waals surface area (Å²) in [5.74, 6) is -0.286. The van der Waals surface area contributed by atoms with E-state index in [4.69, 9.17) is 27.9 Å². The fraction of sp³-hybridized carbons (Fsp3) is 0.263. The van der Waals surface area contributed by atoms with E-state index in [0.717, 1.165) is 6.42 Å². The molecule has 2 aromatic carbocycles. The summed E-state index contributed by atoms with van der Waals surface area (Å²) in [6.45, 7) is 3.66. The van der Waals surface area contributed by atoms with Gasteiger partial charge in [0.2, 0.25) is 0 Å². The van der Waals surface area contributed by atoms with Crippen LogP contribution in [0.3, 0.4) is 0 Å². The SMILES string of the molecule is CCC(C)NC(=O)c1ccccc1NC(=O)COc1ccc(Cl)cc1Cl. The molecule has 2 amide bonds. The van der Waals surface area contributed by atoms with Crippen LogP contribution in [0, 0.1) is 0 Å². The van der Waals surface area contributed by atoms with Gasteiger partial charge in [-0.05, 0) is 43.7 Å². The van der Waals surface area contributed by atoms with Gasteiger partial charge in [0.15, 0.2) is 6.61 Å². The van der Waals surface area contributed by atoms with E-state index in [0.29, 0.717) is 27.0 Å². The Labute approximate surface area is 162 Å². The van der Waals surface area contributed by atoms with Crippen molar-refractivity contribution in [1.29, 1.82) is 0 Å². The molecule has 0 aliphatic carbocycles. The van der Waals surface area contributed by atoms with Gasteiger partial charge in [0.05, 0.1) is 16.3 Å². The van der Waals surface area contributed by atoms with Crippen molar-refractivity contribution >= 4 is 40.7 Å². The molecule has 0 fully saturated rings. The number of anilines is 1. The molecular weight excluding hydrogens is 375 g/mol. The molecule has 0 bridgehead atoms. The van der Waals surface area contributed by atoms with Crippen LogP contribution in [0.2, 0.25) is 10.0 Å². The molecule has 2 rings (SSSR count). The van der Waals surface area contributed by atoms with Crippen LogP contribution < -0.4 is 15.4 Å². The second-order valence-corrected chi connectivity index (χ2v) is 6.58. The standard InChI is InChI=1S/C19H20Cl2N2O3/c1-3-12(2)22-19(25)14-6-4-5-7-16(14)23-18(24)11-26-17-9-8-13(20)10-15(17)21/h4-10,12H,3,11H2,1-2H3,(H,22,25)(H,23,24). The minimum Gasteiger partial charge on any atom is -0.482 e. The van der Waals surface area contributed by atoms with Crippen molar-refractivity contribution in [2.24, 2.45) is 0 Å². The second-order valence-electron chi connectivity index (χ2n) is 5.74. The van der Waals surface area contributed by atoms with Gasteiger partial charge in [0.1, 0.15) is 5.75 Å². The number of hydrogen-bond acceptors (Lipinski definition) is 3. The van der Waals surface area contributed by atoms with E-state index >= 15 is 0 Å². The Morgan fingerprint density at radius 3 is 2.58 bits per heavy atom. The van der Waals surface area contributed by atoms with E-state index in [2.05, 4.69) is 10.6 Å². The Morgan fingerprint density at radius 1 is 1.15 bits per heavy atom. The number of carbonyl (C=O) groups is 2. The summed E-state index contributed by atoms with van der Waals surface area (Å²) in [6.07, 6.45) is 0.815. The van der Waals surface area contributed by atoms with Crippen molar-refractivity contribution in [2.75, 3.05) is 11.9 Å². The monoisotopic (exact) mass is 394 g/mol. The lowest BCUT2D eigenvalue weighted by molar-refractivity contribution is -0.118. The van der Waals surface area contributed by atoms with Crippen LogP contribution in [0.1, 0.15) is 30.6 Å². The Kier molecular flexibility index (Phi) is 7.30. The van der Waals surface area contributed by atoms with Crippen LogP contribution >= 0.6 is 23.2 Å². The summed E-state index contributed by atoms with van der Waals surface area (Å²) in [7, 11) is 0. The lowest BCUT2D eigenvalue weighted by Gasteiger charge is -2.15. The number of amides is 2. The molecule has 2 N–H and O–H groups in total. The van der Waals surface area contributed by atoms with E-state index in [1.54, 1.807) is 36.4 Å². The highest BCUT2D eigenvalue weighted by Crippen LogP contribution is 2.27. The fourth-order valence-electron chi connectivity index (χ4n) is 2.12. The van der Waals surface area contributed by atoms with Gasteiger partial charge in [0.25, 0.3) is 11.8 Å². The number of hydrogen-bond donors (Lipinski definition) is 2. The highest BCUT2D eigenvalue weighted by molar-refractivity contribution is 6.35. The molecule has 2 aromatic rings. The first-order valence-corrected chi connectivity index (χ1v) is 8.94. The van der Waals surface area contributed by atoms with Gasteiger partial charge < -0.3 is 15.4 Å². The minimum atomic E-state index is -0.403. The van der Waals surface area contributed by atoms with Crippen molar-refractivity contribution in [3.8, 4) is 5.75 Å². The van der Waals surface area contributed by atoms with Gasteiger partial charge in [-0.1, -0.05) is 42.3 Å². The van der Waals surface area contributed by atoms with Crippen molar-refractivity contribution < 1.29 is 14.3 Å². The van der Waals surface area contributed by atoms with Crippen LogP contribution in [-0.4, -0.2) is 24.5 Å². The third-order valence-electron chi connectivity index (χ3n) is 3.69. The zero-order valence-electron chi connectivity index (χ0n) is 14.5. The molecule has 0 radical (unpaired) electrons. The minimum absolute atomic E-state index is 0.0432. The van der Waals surface area contributed by atoms with Crippen molar-refractivity contribution in [3.05, 3.63) is 58.1 Å². The molecule has 26 heavy (non-hydrogen) atoms. The van der Waals surface area contributed by atoms with Gasteiger partial charge in [-0.25, -0.2) is 0 Å². The molecule has 7 heteroatoms. The zero-order valence-corrected chi connectivity index (χ0v) is 16.0. The normalized spacial score (nSPS) is 11.5. The zero-order chi connectivity index (χ0) is 19.1. The van der Waals surface area contributed by atoms with Crippen molar-refractivity contribution in [2.45, 2.75) is 26.3 Å². The number of benzene rings is 2. The highest BCUT2D eigenvalue weighted by Gasteiger charge is 2.15. The Bertz CT molecular complexity index is 796. The molecule has 5 nitrogen and oxygen atoms in total. The molecule has 1 unspecified atom stereocenters. The number of ether oxygens (including phenoxy) is 1. The topological polar surface area (TPSA) is 67.4 Å². The molecule has 0 heterocycles. The molecule has 138 valence electrons. The van der Waals surface area contributed by atoms with Gasteiger partial charge in [-0.3, -0.25) is 9.59 Å². The Hall–Kier alpha value is -2.24. The van der Waals surface area contributed by atoms with Crippen LogP contribution in [0.15, 0.2) is 42.5 Å². The predicted molar refractivity (Wildman–Crippen MR) is 104 cm³/mol. The molecule has 1 atom stereocenters. The summed E-state index contributed by atoms with van der Waals surface area (Å²) in [5.41, 5.74) is 0.815. The van der Waals surface area contributed by atoms with Gasteiger partial charge in [0, 0.05) is 11.1 Å². The van der Waals surface area contributed by atoms with Gasteiger partial charge in [-0.2, -0.15) is 0 Å². The van der Waals surface area contributed by atoms with E-state index in [9.17, 15) is 9.59 Å². The van der Waals surface area contributed by atoms with Crippen LogP contribution in [-0.2, 0) is 4.79 Å². The quantitative estimate of drug-likeness (QED) is 0.724. The molecular formula is C19H20Cl2N2O3. The van der Waals surface area contributed by atoms with Gasteiger partial charge in [-0.15, -0.1) is 0 Å². The largest absolute Gasteiger partial charge is 0.482 e. The maximum atomic E-state index is 12.3. The van der Waals surface area contributed by atoms with Crippen LogP contribution in [0.4, 0.5) is 5.69 Å². The first kappa shape index (κ1) is 20.1. The highest BCUT2D eigenvalue weighted by atomic mass is 35.5. The van der Waals surface area contributed by atoms with E-state index in [-0.39, 0.29) is 18.6 Å². The number of nitrogens with one attached hydrogen (secondary N) is 2. The second kappa shape index (κ2) is 9.46. The van der Waals surface area contributed by atoms with Crippen molar-refractivity contribution in [1.82, 2.24) is 5.32 Å². The third-order valence-corrected chi connectivity index (χ3v) is 4.22. The summed E-state index contributed by atoms with van der Waals surface area (Å²) in [4.78, 5) is 24.5. The molecule has 0 saturated carbocycles. The number of halogens is 2. The molecule has 0 saturated heterocycles. The lowest BCUT2D eigenvalue weighted by Crippen LogP contribution is -2.33. The lowest BCUT2D eigenvalue weighted by atomic mass is 10.1. The molecule has 0 aliphatic rings. The maximum Gasteiger partial charge on any atom is 0.262 e. The summed E-state index contributed by atoms with van der Waals surface area (Å²) >= 11 is 11.8.